The van der Waals surface area contributed by atoms with Gasteiger partial charge in [0.15, 0.2) is 0 Å². The Morgan fingerprint density at radius 1 is 1.56 bits per heavy atom. The molecule has 0 saturated carbocycles. The van der Waals surface area contributed by atoms with E-state index in [1.54, 1.807) is 0 Å². The second kappa shape index (κ2) is 5.33. The Morgan fingerprint density at radius 2 is 2.38 bits per heavy atom. The van der Waals surface area contributed by atoms with Gasteiger partial charge in [0.1, 0.15) is 0 Å². The number of aryl methyl sites for hydroxylation is 1. The van der Waals surface area contributed by atoms with Crippen molar-refractivity contribution in [3.8, 4) is 0 Å². The number of hydrogen-bond acceptors (Lipinski definition) is 2. The molecule has 1 aliphatic carbocycles. The maximum Gasteiger partial charge on any atom is 0.0611 e. The predicted octanol–water partition coefficient (Wildman–Crippen LogP) is 3.97. The third-order valence-corrected chi connectivity index (χ3v) is 4.90. The van der Waals surface area contributed by atoms with Crippen LogP contribution in [0.4, 0.5) is 0 Å². The zero-order valence-corrected chi connectivity index (χ0v) is 11.1. The van der Waals surface area contributed by atoms with Gasteiger partial charge in [-0.3, -0.25) is 0 Å². The van der Waals surface area contributed by atoms with Crippen LogP contribution in [0.15, 0.2) is 11.4 Å². The van der Waals surface area contributed by atoms with E-state index >= 15 is 0 Å². The van der Waals surface area contributed by atoms with Crippen LogP contribution in [0.3, 0.4) is 0 Å². The summed E-state index contributed by atoms with van der Waals surface area (Å²) < 4.78 is 0. The van der Waals surface area contributed by atoms with Crippen LogP contribution in [0.1, 0.15) is 55.9 Å². The van der Waals surface area contributed by atoms with E-state index in [4.69, 9.17) is 0 Å². The lowest BCUT2D eigenvalue weighted by Gasteiger charge is -2.28. The average Bonchev–Trinajstić information content (AvgIpc) is 2.76. The Kier molecular flexibility index (Phi) is 4.04. The summed E-state index contributed by atoms with van der Waals surface area (Å²) in [6.45, 7) is 4.44. The molecule has 0 amide bonds. The molecule has 90 valence electrons. The van der Waals surface area contributed by atoms with Crippen molar-refractivity contribution in [1.29, 1.82) is 0 Å². The summed E-state index contributed by atoms with van der Waals surface area (Å²) in [4.78, 5) is 1.51. The van der Waals surface area contributed by atoms with Gasteiger partial charge in [0.2, 0.25) is 0 Å². The van der Waals surface area contributed by atoms with Gasteiger partial charge in [0, 0.05) is 10.8 Å². The van der Waals surface area contributed by atoms with Gasteiger partial charge < -0.3 is 5.11 Å². The molecule has 0 aliphatic heterocycles. The van der Waals surface area contributed by atoms with Gasteiger partial charge in [-0.2, -0.15) is 0 Å². The molecule has 1 aliphatic rings. The predicted molar refractivity (Wildman–Crippen MR) is 70.1 cm³/mol. The Labute approximate surface area is 103 Å². The third kappa shape index (κ3) is 2.49. The first-order chi connectivity index (χ1) is 7.72. The molecule has 1 aromatic rings. The second-order valence-electron chi connectivity index (χ2n) is 5.11. The summed E-state index contributed by atoms with van der Waals surface area (Å²) >= 11 is 1.86. The molecule has 3 atom stereocenters. The molecule has 1 N–H and O–H groups in total. The molecule has 0 bridgehead atoms. The van der Waals surface area contributed by atoms with Crippen LogP contribution in [0, 0.1) is 5.92 Å². The minimum atomic E-state index is -0.136. The summed E-state index contributed by atoms with van der Waals surface area (Å²) in [6, 6.07) is 2.23. The van der Waals surface area contributed by atoms with Crippen LogP contribution in [0.25, 0.3) is 0 Å². The van der Waals surface area contributed by atoms with Crippen molar-refractivity contribution in [2.24, 2.45) is 5.92 Å². The highest BCUT2D eigenvalue weighted by atomic mass is 32.1. The zero-order valence-electron chi connectivity index (χ0n) is 10.3. The Hall–Kier alpha value is -0.340. The van der Waals surface area contributed by atoms with Crippen LogP contribution in [0.2, 0.25) is 0 Å². The van der Waals surface area contributed by atoms with Crippen LogP contribution < -0.4 is 0 Å². The standard InChI is InChI=1S/C14H22OS/c1-3-10(2)9-13(15)11-5-4-6-14-12(11)7-8-16-14/h7-8,10-11,13,15H,3-6,9H2,1-2H3. The maximum absolute atomic E-state index is 10.3. The van der Waals surface area contributed by atoms with E-state index in [9.17, 15) is 5.11 Å². The Balaban J connectivity index is 2.06. The summed E-state index contributed by atoms with van der Waals surface area (Å²) in [5, 5.41) is 12.5. The van der Waals surface area contributed by atoms with Gasteiger partial charge in [-0.25, -0.2) is 0 Å². The third-order valence-electron chi connectivity index (χ3n) is 3.90. The van der Waals surface area contributed by atoms with Crippen LogP contribution in [-0.4, -0.2) is 11.2 Å². The zero-order chi connectivity index (χ0) is 11.5. The number of fused-ring (bicyclic) bond motifs is 1. The Bertz CT molecular complexity index is 331. The molecule has 16 heavy (non-hydrogen) atoms. The molecule has 0 radical (unpaired) electrons. The van der Waals surface area contributed by atoms with E-state index in [0.717, 1.165) is 6.42 Å². The first kappa shape index (κ1) is 12.1. The maximum atomic E-state index is 10.3. The van der Waals surface area contributed by atoms with Gasteiger partial charge in [-0.05, 0) is 48.6 Å². The molecule has 1 nitrogen and oxygen atoms in total. The molecule has 1 heterocycles. The molecule has 0 saturated heterocycles. The molecular formula is C14H22OS. The minimum absolute atomic E-state index is 0.136. The topological polar surface area (TPSA) is 20.2 Å². The molecule has 3 unspecified atom stereocenters. The van der Waals surface area contributed by atoms with E-state index in [0.29, 0.717) is 11.8 Å². The molecule has 0 fully saturated rings. The highest BCUT2D eigenvalue weighted by Crippen LogP contribution is 2.38. The highest BCUT2D eigenvalue weighted by Gasteiger charge is 2.27. The van der Waals surface area contributed by atoms with Gasteiger partial charge >= 0.3 is 0 Å². The van der Waals surface area contributed by atoms with Crippen LogP contribution >= 0.6 is 11.3 Å². The fourth-order valence-electron chi connectivity index (χ4n) is 2.66. The van der Waals surface area contributed by atoms with Crippen LogP contribution in [0.5, 0.6) is 0 Å². The molecule has 2 rings (SSSR count). The summed E-state index contributed by atoms with van der Waals surface area (Å²) in [5.74, 6) is 1.04. The number of aliphatic hydroxyl groups excluding tert-OH is 1. The SMILES string of the molecule is CCC(C)CC(O)C1CCCc2sccc21. The van der Waals surface area contributed by atoms with Crippen molar-refractivity contribution in [3.05, 3.63) is 21.9 Å². The fourth-order valence-corrected chi connectivity index (χ4v) is 3.66. The lowest BCUT2D eigenvalue weighted by molar-refractivity contribution is 0.108. The van der Waals surface area contributed by atoms with Crippen molar-refractivity contribution >= 4 is 11.3 Å². The van der Waals surface area contributed by atoms with Crippen molar-refractivity contribution in [2.45, 2.75) is 58.0 Å². The van der Waals surface area contributed by atoms with Gasteiger partial charge in [0.25, 0.3) is 0 Å². The van der Waals surface area contributed by atoms with E-state index in [-0.39, 0.29) is 6.10 Å². The largest absolute Gasteiger partial charge is 0.392 e. The van der Waals surface area contributed by atoms with Crippen molar-refractivity contribution in [3.63, 3.8) is 0 Å². The quantitative estimate of drug-likeness (QED) is 0.841. The number of aliphatic hydroxyl groups is 1. The van der Waals surface area contributed by atoms with E-state index in [1.807, 2.05) is 11.3 Å². The van der Waals surface area contributed by atoms with Crippen molar-refractivity contribution < 1.29 is 5.11 Å². The molecule has 0 aromatic carbocycles. The summed E-state index contributed by atoms with van der Waals surface area (Å²) in [7, 11) is 0. The number of hydrogen-bond donors (Lipinski definition) is 1. The van der Waals surface area contributed by atoms with Gasteiger partial charge in [-0.15, -0.1) is 11.3 Å². The smallest absolute Gasteiger partial charge is 0.0611 e. The number of rotatable bonds is 4. The first-order valence-corrected chi connectivity index (χ1v) is 7.34. The van der Waals surface area contributed by atoms with Crippen LogP contribution in [-0.2, 0) is 6.42 Å². The van der Waals surface area contributed by atoms with E-state index < -0.39 is 0 Å². The first-order valence-electron chi connectivity index (χ1n) is 6.46. The summed E-state index contributed by atoms with van der Waals surface area (Å²) in [5.41, 5.74) is 1.44. The molecule has 2 heteroatoms. The van der Waals surface area contributed by atoms with Crippen molar-refractivity contribution in [2.75, 3.05) is 0 Å². The van der Waals surface area contributed by atoms with E-state index in [2.05, 4.69) is 25.3 Å². The molecule has 1 aromatic heterocycles. The van der Waals surface area contributed by atoms with Crippen molar-refractivity contribution in [1.82, 2.24) is 0 Å². The second-order valence-corrected chi connectivity index (χ2v) is 6.11. The van der Waals surface area contributed by atoms with E-state index in [1.165, 1.54) is 36.1 Å². The highest BCUT2D eigenvalue weighted by molar-refractivity contribution is 7.10. The monoisotopic (exact) mass is 238 g/mol. The minimum Gasteiger partial charge on any atom is -0.392 e. The Morgan fingerprint density at radius 3 is 3.12 bits per heavy atom. The molecule has 0 spiro atoms. The van der Waals surface area contributed by atoms with Gasteiger partial charge in [-0.1, -0.05) is 20.3 Å². The number of thiophene rings is 1. The molecular weight excluding hydrogens is 216 g/mol. The average molecular weight is 238 g/mol. The summed E-state index contributed by atoms with van der Waals surface area (Å²) in [6.07, 6.45) is 5.62. The lowest BCUT2D eigenvalue weighted by Crippen LogP contribution is -2.23. The van der Waals surface area contributed by atoms with Gasteiger partial charge in [0.05, 0.1) is 6.10 Å². The lowest BCUT2D eigenvalue weighted by atomic mass is 9.81. The normalized spacial score (nSPS) is 23.8. The fraction of sp³-hybridized carbons (Fsp3) is 0.714.